The van der Waals surface area contributed by atoms with E-state index in [1.807, 2.05) is 36.4 Å². The van der Waals surface area contributed by atoms with Crippen molar-refractivity contribution in [3.63, 3.8) is 0 Å². The molecule has 160 valence electrons. The molecule has 1 atom stereocenters. The minimum atomic E-state index is -0.725. The highest BCUT2D eigenvalue weighted by atomic mass is 16.2. The van der Waals surface area contributed by atoms with Crippen molar-refractivity contribution in [3.8, 4) is 0 Å². The standard InChI is InChI=1S/C25H27N3O3/c29-22-11-21(23(30)28(22)20-6-5-18-3-1-2-4-19(18)10-20)26-27-24(31)25-12-15-7-16(13-25)9-17(8-15)14-25/h1-6,10,15-17,21,26H,7-9,11-14H2,(H,27,31). The molecule has 31 heavy (non-hydrogen) atoms. The van der Waals surface area contributed by atoms with Crippen LogP contribution in [0.5, 0.6) is 0 Å². The molecule has 5 aliphatic rings. The Morgan fingerprint density at radius 2 is 1.55 bits per heavy atom. The number of carbonyl (C=O) groups excluding carboxylic acids is 3. The summed E-state index contributed by atoms with van der Waals surface area (Å²) in [6, 6.07) is 12.7. The molecule has 2 N–H and O–H groups in total. The zero-order chi connectivity index (χ0) is 21.2. The quantitative estimate of drug-likeness (QED) is 0.591. The molecule has 6 nitrogen and oxygen atoms in total. The number of anilines is 1. The van der Waals surface area contributed by atoms with Crippen molar-refractivity contribution in [2.45, 2.75) is 51.0 Å². The van der Waals surface area contributed by atoms with Crippen LogP contribution in [0.25, 0.3) is 10.8 Å². The third-order valence-corrected chi connectivity index (χ3v) is 8.02. The molecule has 7 rings (SSSR count). The maximum absolute atomic E-state index is 13.2. The van der Waals surface area contributed by atoms with Crippen LogP contribution in [0, 0.1) is 23.2 Å². The molecule has 4 aliphatic carbocycles. The number of fused-ring (bicyclic) bond motifs is 1. The van der Waals surface area contributed by atoms with E-state index in [4.69, 9.17) is 0 Å². The average Bonchev–Trinajstić information content (AvgIpc) is 3.03. The van der Waals surface area contributed by atoms with E-state index in [0.29, 0.717) is 23.4 Å². The molecule has 0 radical (unpaired) electrons. The molecule has 1 aliphatic heterocycles. The minimum Gasteiger partial charge on any atom is -0.290 e. The number of rotatable bonds is 4. The summed E-state index contributed by atoms with van der Waals surface area (Å²) in [7, 11) is 0. The monoisotopic (exact) mass is 417 g/mol. The van der Waals surface area contributed by atoms with Gasteiger partial charge in [0.1, 0.15) is 6.04 Å². The number of imide groups is 1. The zero-order valence-electron chi connectivity index (χ0n) is 17.5. The van der Waals surface area contributed by atoms with Crippen molar-refractivity contribution in [3.05, 3.63) is 42.5 Å². The maximum atomic E-state index is 13.2. The first-order chi connectivity index (χ1) is 15.0. The normalized spacial score (nSPS) is 34.0. The lowest BCUT2D eigenvalue weighted by Gasteiger charge is -2.55. The first-order valence-corrected chi connectivity index (χ1v) is 11.4. The summed E-state index contributed by atoms with van der Waals surface area (Å²) < 4.78 is 0. The second-order valence-electron chi connectivity index (χ2n) is 10.2. The first kappa shape index (κ1) is 19.0. The molecule has 5 fully saturated rings. The van der Waals surface area contributed by atoms with Crippen molar-refractivity contribution in [1.29, 1.82) is 0 Å². The highest BCUT2D eigenvalue weighted by Crippen LogP contribution is 2.60. The summed E-state index contributed by atoms with van der Waals surface area (Å²) in [5, 5.41) is 2.04. The molecule has 2 aromatic carbocycles. The van der Waals surface area contributed by atoms with Gasteiger partial charge in [-0.05, 0) is 79.2 Å². The fourth-order valence-electron chi connectivity index (χ4n) is 7.01. The molecule has 3 amide bonds. The second kappa shape index (κ2) is 6.89. The van der Waals surface area contributed by atoms with E-state index in [1.165, 1.54) is 24.2 Å². The summed E-state index contributed by atoms with van der Waals surface area (Å²) in [6.45, 7) is 0. The fraction of sp³-hybridized carbons (Fsp3) is 0.480. The highest BCUT2D eigenvalue weighted by Gasteiger charge is 2.54. The molecule has 6 heteroatoms. The van der Waals surface area contributed by atoms with E-state index >= 15 is 0 Å². The molecule has 2 aromatic rings. The SMILES string of the molecule is O=C1CC(NNC(=O)C23CC4CC(CC(C4)C2)C3)C(=O)N1c1ccc2ccccc2c1. The van der Waals surface area contributed by atoms with Crippen LogP contribution >= 0.6 is 0 Å². The van der Waals surface area contributed by atoms with Gasteiger partial charge in [-0.1, -0.05) is 30.3 Å². The third-order valence-electron chi connectivity index (χ3n) is 8.02. The van der Waals surface area contributed by atoms with Gasteiger partial charge in [0.2, 0.25) is 11.8 Å². The molecule has 1 unspecified atom stereocenters. The van der Waals surface area contributed by atoms with Gasteiger partial charge >= 0.3 is 0 Å². The Hall–Kier alpha value is -2.73. The van der Waals surface area contributed by atoms with E-state index in [1.54, 1.807) is 6.07 Å². The van der Waals surface area contributed by atoms with Crippen LogP contribution in [0.1, 0.15) is 44.9 Å². The molecule has 1 heterocycles. The number of hydrazine groups is 1. The summed E-state index contributed by atoms with van der Waals surface area (Å²) in [5.41, 5.74) is 6.05. The van der Waals surface area contributed by atoms with Gasteiger partial charge in [0.15, 0.2) is 0 Å². The lowest BCUT2D eigenvalue weighted by molar-refractivity contribution is -0.147. The first-order valence-electron chi connectivity index (χ1n) is 11.4. The van der Waals surface area contributed by atoms with E-state index < -0.39 is 6.04 Å². The molecule has 4 bridgehead atoms. The van der Waals surface area contributed by atoms with E-state index in [-0.39, 0.29) is 29.6 Å². The van der Waals surface area contributed by atoms with Crippen molar-refractivity contribution in [1.82, 2.24) is 10.9 Å². The number of benzene rings is 2. The van der Waals surface area contributed by atoms with Gasteiger partial charge < -0.3 is 0 Å². The minimum absolute atomic E-state index is 0.0102. The molecule has 0 aromatic heterocycles. The van der Waals surface area contributed by atoms with Crippen LogP contribution in [0.3, 0.4) is 0 Å². The Bertz CT molecular complexity index is 1060. The predicted octanol–water partition coefficient (Wildman–Crippen LogP) is 3.31. The van der Waals surface area contributed by atoms with Crippen molar-refractivity contribution < 1.29 is 14.4 Å². The maximum Gasteiger partial charge on any atom is 0.253 e. The van der Waals surface area contributed by atoms with Crippen LogP contribution in [0.4, 0.5) is 5.69 Å². The highest BCUT2D eigenvalue weighted by molar-refractivity contribution is 6.22. The molecular weight excluding hydrogens is 390 g/mol. The number of amides is 3. The Morgan fingerprint density at radius 3 is 2.23 bits per heavy atom. The smallest absolute Gasteiger partial charge is 0.253 e. The predicted molar refractivity (Wildman–Crippen MR) is 117 cm³/mol. The van der Waals surface area contributed by atoms with Gasteiger partial charge in [-0.3, -0.25) is 19.8 Å². The van der Waals surface area contributed by atoms with Crippen LogP contribution in [-0.2, 0) is 14.4 Å². The zero-order valence-corrected chi connectivity index (χ0v) is 17.5. The van der Waals surface area contributed by atoms with Crippen molar-refractivity contribution in [2.75, 3.05) is 4.90 Å². The number of nitrogens with one attached hydrogen (secondary N) is 2. The Morgan fingerprint density at radius 1 is 0.903 bits per heavy atom. The van der Waals surface area contributed by atoms with Crippen molar-refractivity contribution >= 4 is 34.2 Å². The van der Waals surface area contributed by atoms with Gasteiger partial charge in [0, 0.05) is 0 Å². The lowest BCUT2D eigenvalue weighted by atomic mass is 9.49. The summed E-state index contributed by atoms with van der Waals surface area (Å²) in [6.07, 6.45) is 6.77. The molecule has 1 saturated heterocycles. The summed E-state index contributed by atoms with van der Waals surface area (Å²) in [5.74, 6) is 1.48. The lowest BCUT2D eigenvalue weighted by Crippen LogP contribution is -2.58. The Balaban J connectivity index is 1.15. The van der Waals surface area contributed by atoms with E-state index in [0.717, 1.165) is 30.0 Å². The number of hydrogen-bond donors (Lipinski definition) is 2. The van der Waals surface area contributed by atoms with Gasteiger partial charge in [-0.25, -0.2) is 10.3 Å². The van der Waals surface area contributed by atoms with Crippen LogP contribution in [0.15, 0.2) is 42.5 Å². The van der Waals surface area contributed by atoms with Gasteiger partial charge in [0.25, 0.3) is 5.91 Å². The van der Waals surface area contributed by atoms with Crippen molar-refractivity contribution in [2.24, 2.45) is 23.2 Å². The third kappa shape index (κ3) is 3.07. The fourth-order valence-corrected chi connectivity index (χ4v) is 7.01. The van der Waals surface area contributed by atoms with Gasteiger partial charge in [-0.15, -0.1) is 0 Å². The summed E-state index contributed by atoms with van der Waals surface area (Å²) >= 11 is 0. The molecule has 0 spiro atoms. The van der Waals surface area contributed by atoms with E-state index in [9.17, 15) is 14.4 Å². The topological polar surface area (TPSA) is 78.5 Å². The summed E-state index contributed by atoms with van der Waals surface area (Å²) in [4.78, 5) is 40.0. The number of nitrogens with zero attached hydrogens (tertiary/aromatic N) is 1. The molecular formula is C25H27N3O3. The van der Waals surface area contributed by atoms with Crippen LogP contribution < -0.4 is 15.8 Å². The number of carbonyl (C=O) groups is 3. The largest absolute Gasteiger partial charge is 0.290 e. The second-order valence-corrected chi connectivity index (χ2v) is 10.2. The Labute approximate surface area is 181 Å². The average molecular weight is 418 g/mol. The van der Waals surface area contributed by atoms with Gasteiger partial charge in [0.05, 0.1) is 17.5 Å². The number of hydrogen-bond acceptors (Lipinski definition) is 4. The van der Waals surface area contributed by atoms with E-state index in [2.05, 4.69) is 10.9 Å². The Kier molecular flexibility index (Phi) is 4.22. The van der Waals surface area contributed by atoms with Crippen LogP contribution in [0.2, 0.25) is 0 Å². The van der Waals surface area contributed by atoms with Crippen LogP contribution in [-0.4, -0.2) is 23.8 Å². The van der Waals surface area contributed by atoms with Gasteiger partial charge in [-0.2, -0.15) is 0 Å². The molecule has 4 saturated carbocycles.